The molecule has 1 aromatic rings. The smallest absolute Gasteiger partial charge is 0.274 e. The molecular formula is C15H22FN3O2. The summed E-state index contributed by atoms with van der Waals surface area (Å²) in [6.07, 6.45) is 4.40. The van der Waals surface area contributed by atoms with Crippen molar-refractivity contribution in [2.75, 3.05) is 20.1 Å². The molecule has 1 aromatic carbocycles. The van der Waals surface area contributed by atoms with Crippen molar-refractivity contribution in [1.29, 1.82) is 0 Å². The molecule has 1 saturated heterocycles. The number of piperidine rings is 1. The van der Waals surface area contributed by atoms with E-state index < -0.39 is 10.7 Å². The van der Waals surface area contributed by atoms with Gasteiger partial charge in [-0.3, -0.25) is 15.0 Å². The third-order valence-electron chi connectivity index (χ3n) is 4.09. The summed E-state index contributed by atoms with van der Waals surface area (Å²) in [5, 5.41) is 14.2. The zero-order chi connectivity index (χ0) is 15.2. The highest BCUT2D eigenvalue weighted by Gasteiger charge is 2.25. The average Bonchev–Trinajstić information content (AvgIpc) is 2.46. The number of hydrogen-bond donors (Lipinski definition) is 1. The van der Waals surface area contributed by atoms with Crippen molar-refractivity contribution in [1.82, 2.24) is 10.2 Å². The molecule has 116 valence electrons. The van der Waals surface area contributed by atoms with Crippen LogP contribution in [0.1, 0.15) is 31.2 Å². The van der Waals surface area contributed by atoms with Crippen LogP contribution in [0.2, 0.25) is 0 Å². The van der Waals surface area contributed by atoms with E-state index in [2.05, 4.69) is 10.2 Å². The van der Waals surface area contributed by atoms with Gasteiger partial charge in [-0.25, -0.2) is 4.39 Å². The predicted octanol–water partition coefficient (Wildman–Crippen LogP) is 2.70. The first kappa shape index (κ1) is 15.9. The summed E-state index contributed by atoms with van der Waals surface area (Å²) in [6, 6.07) is 4.11. The molecule has 1 N–H and O–H groups in total. The van der Waals surface area contributed by atoms with E-state index in [-0.39, 0.29) is 5.69 Å². The number of hydrogen-bond acceptors (Lipinski definition) is 4. The van der Waals surface area contributed by atoms with Crippen molar-refractivity contribution in [3.8, 4) is 0 Å². The second kappa shape index (κ2) is 7.47. The number of likely N-dealkylation sites (tertiary alicyclic amines) is 1. The van der Waals surface area contributed by atoms with Gasteiger partial charge in [-0.2, -0.15) is 0 Å². The quantitative estimate of drug-likeness (QED) is 0.647. The third kappa shape index (κ3) is 4.22. The van der Waals surface area contributed by atoms with E-state index in [1.165, 1.54) is 18.6 Å². The topological polar surface area (TPSA) is 58.4 Å². The second-order valence-corrected chi connectivity index (χ2v) is 5.54. The summed E-state index contributed by atoms with van der Waals surface area (Å²) in [5.41, 5.74) is 0.477. The van der Waals surface area contributed by atoms with Gasteiger partial charge in [0.25, 0.3) is 5.69 Å². The molecule has 0 bridgehead atoms. The molecule has 0 spiro atoms. The van der Waals surface area contributed by atoms with Crippen molar-refractivity contribution in [3.05, 3.63) is 39.7 Å². The molecule has 6 heteroatoms. The van der Waals surface area contributed by atoms with Crippen LogP contribution in [-0.4, -0.2) is 36.0 Å². The van der Waals surface area contributed by atoms with Crippen LogP contribution in [0.4, 0.5) is 10.1 Å². The van der Waals surface area contributed by atoms with Crippen molar-refractivity contribution in [3.63, 3.8) is 0 Å². The van der Waals surface area contributed by atoms with E-state index in [4.69, 9.17) is 0 Å². The van der Waals surface area contributed by atoms with Crippen LogP contribution < -0.4 is 5.32 Å². The Bertz CT molecular complexity index is 496. The van der Waals surface area contributed by atoms with E-state index in [1.807, 2.05) is 7.05 Å². The molecule has 1 atom stereocenters. The second-order valence-electron chi connectivity index (χ2n) is 5.54. The molecule has 2 rings (SSSR count). The normalized spacial score (nSPS) is 19.6. The number of nitrogens with one attached hydrogen (secondary N) is 1. The summed E-state index contributed by atoms with van der Waals surface area (Å²) >= 11 is 0. The highest BCUT2D eigenvalue weighted by atomic mass is 19.1. The summed E-state index contributed by atoms with van der Waals surface area (Å²) < 4.78 is 13.4. The highest BCUT2D eigenvalue weighted by molar-refractivity contribution is 5.40. The van der Waals surface area contributed by atoms with Crippen LogP contribution >= 0.6 is 0 Å². The molecule has 21 heavy (non-hydrogen) atoms. The molecule has 1 fully saturated rings. The third-order valence-corrected chi connectivity index (χ3v) is 4.09. The summed E-state index contributed by atoms with van der Waals surface area (Å²) in [4.78, 5) is 12.9. The average molecular weight is 295 g/mol. The van der Waals surface area contributed by atoms with Gasteiger partial charge in [-0.15, -0.1) is 0 Å². The predicted molar refractivity (Wildman–Crippen MR) is 79.6 cm³/mol. The summed E-state index contributed by atoms with van der Waals surface area (Å²) in [7, 11) is 1.92. The van der Waals surface area contributed by atoms with Crippen molar-refractivity contribution in [2.45, 2.75) is 38.3 Å². The van der Waals surface area contributed by atoms with Crippen LogP contribution in [0.3, 0.4) is 0 Å². The summed E-state index contributed by atoms with van der Waals surface area (Å²) in [6.45, 7) is 2.29. The SMILES string of the molecule is CNCCC1CCCCN1Cc1cc(F)ccc1[N+](=O)[O-]. The van der Waals surface area contributed by atoms with Gasteiger partial charge in [-0.05, 0) is 51.5 Å². The van der Waals surface area contributed by atoms with Gasteiger partial charge in [0.1, 0.15) is 5.82 Å². The van der Waals surface area contributed by atoms with Crippen LogP contribution in [0.15, 0.2) is 18.2 Å². The van der Waals surface area contributed by atoms with Gasteiger partial charge >= 0.3 is 0 Å². The minimum absolute atomic E-state index is 0.00865. The molecule has 0 aliphatic carbocycles. The number of benzene rings is 1. The van der Waals surface area contributed by atoms with Gasteiger partial charge < -0.3 is 5.32 Å². The zero-order valence-corrected chi connectivity index (χ0v) is 12.3. The van der Waals surface area contributed by atoms with Gasteiger partial charge in [0.2, 0.25) is 0 Å². The maximum absolute atomic E-state index is 13.4. The lowest BCUT2D eigenvalue weighted by Crippen LogP contribution is -2.40. The Balaban J connectivity index is 2.14. The molecule has 1 unspecified atom stereocenters. The van der Waals surface area contributed by atoms with E-state index >= 15 is 0 Å². The van der Waals surface area contributed by atoms with E-state index in [0.29, 0.717) is 18.2 Å². The fourth-order valence-electron chi connectivity index (χ4n) is 2.98. The molecule has 5 nitrogen and oxygen atoms in total. The van der Waals surface area contributed by atoms with Gasteiger partial charge in [-0.1, -0.05) is 6.42 Å². The van der Waals surface area contributed by atoms with Crippen molar-refractivity contribution in [2.24, 2.45) is 0 Å². The van der Waals surface area contributed by atoms with Crippen LogP contribution in [0, 0.1) is 15.9 Å². The lowest BCUT2D eigenvalue weighted by molar-refractivity contribution is -0.385. The van der Waals surface area contributed by atoms with Crippen LogP contribution in [0.25, 0.3) is 0 Å². The number of rotatable bonds is 6. The fraction of sp³-hybridized carbons (Fsp3) is 0.600. The number of nitro benzene ring substituents is 1. The zero-order valence-electron chi connectivity index (χ0n) is 12.3. The molecule has 0 radical (unpaired) electrons. The van der Waals surface area contributed by atoms with Crippen molar-refractivity contribution < 1.29 is 9.31 Å². The Labute approximate surface area is 124 Å². The molecule has 1 aliphatic heterocycles. The van der Waals surface area contributed by atoms with Gasteiger partial charge in [0.05, 0.1) is 4.92 Å². The number of nitro groups is 1. The lowest BCUT2D eigenvalue weighted by Gasteiger charge is -2.35. The Morgan fingerprint density at radius 1 is 1.48 bits per heavy atom. The first-order valence-electron chi connectivity index (χ1n) is 7.43. The standard InChI is InChI=1S/C15H22FN3O2/c1-17-8-7-14-4-2-3-9-18(14)11-12-10-13(16)5-6-15(12)19(20)21/h5-6,10,14,17H,2-4,7-9,11H2,1H3. The fourth-order valence-corrected chi connectivity index (χ4v) is 2.98. The van der Waals surface area contributed by atoms with E-state index in [1.54, 1.807) is 0 Å². The molecule has 1 heterocycles. The van der Waals surface area contributed by atoms with Crippen LogP contribution in [-0.2, 0) is 6.54 Å². The number of nitrogens with zero attached hydrogens (tertiary/aromatic N) is 2. The Hall–Kier alpha value is -1.53. The van der Waals surface area contributed by atoms with Crippen molar-refractivity contribution >= 4 is 5.69 Å². The lowest BCUT2D eigenvalue weighted by atomic mass is 9.98. The highest BCUT2D eigenvalue weighted by Crippen LogP contribution is 2.26. The largest absolute Gasteiger partial charge is 0.320 e. The molecular weight excluding hydrogens is 273 g/mol. The Morgan fingerprint density at radius 2 is 2.29 bits per heavy atom. The first-order valence-corrected chi connectivity index (χ1v) is 7.43. The Morgan fingerprint density at radius 3 is 3.00 bits per heavy atom. The van der Waals surface area contributed by atoms with E-state index in [0.717, 1.165) is 38.4 Å². The molecule has 0 amide bonds. The Kier molecular flexibility index (Phi) is 5.64. The monoisotopic (exact) mass is 295 g/mol. The summed E-state index contributed by atoms with van der Waals surface area (Å²) in [5.74, 6) is -0.417. The maximum atomic E-state index is 13.4. The molecule has 0 saturated carbocycles. The minimum Gasteiger partial charge on any atom is -0.320 e. The molecule has 1 aliphatic rings. The van der Waals surface area contributed by atoms with Crippen LogP contribution in [0.5, 0.6) is 0 Å². The first-order chi connectivity index (χ1) is 10.1. The molecule has 0 aromatic heterocycles. The van der Waals surface area contributed by atoms with Gasteiger partial charge in [0.15, 0.2) is 0 Å². The van der Waals surface area contributed by atoms with Gasteiger partial charge in [0, 0.05) is 24.2 Å². The number of halogens is 1. The van der Waals surface area contributed by atoms with E-state index in [9.17, 15) is 14.5 Å². The minimum atomic E-state index is -0.429. The maximum Gasteiger partial charge on any atom is 0.274 e.